The van der Waals surface area contributed by atoms with Crippen LogP contribution in [0.2, 0.25) is 26.2 Å². The minimum absolute atomic E-state index is 0. The van der Waals surface area contributed by atoms with E-state index >= 15 is 0 Å². The molecule has 192 valence electrons. The van der Waals surface area contributed by atoms with Crippen LogP contribution >= 0.6 is 0 Å². The van der Waals surface area contributed by atoms with Crippen LogP contribution in [0.15, 0.2) is 49.8 Å². The molecule has 0 spiro atoms. The quantitative estimate of drug-likeness (QED) is 0.250. The molecule has 0 amide bonds. The summed E-state index contributed by atoms with van der Waals surface area (Å²) in [5.74, 6) is 0. The van der Waals surface area contributed by atoms with E-state index < -0.39 is 16.6 Å². The van der Waals surface area contributed by atoms with Crippen molar-refractivity contribution in [3.63, 3.8) is 0 Å². The Kier molecular flexibility index (Phi) is 11.2. The minimum atomic E-state index is -1.74. The third kappa shape index (κ3) is 8.44. The molecule has 2 aromatic rings. The normalized spacial score (nSPS) is 13.2. The number of rotatable bonds is 6. The smallest absolute Gasteiger partial charge is 0.506 e. The molecule has 2 aromatic carbocycles. The van der Waals surface area contributed by atoms with Crippen LogP contribution in [0.25, 0.3) is 0 Å². The predicted molar refractivity (Wildman–Crippen MR) is 154 cm³/mol. The van der Waals surface area contributed by atoms with Gasteiger partial charge in [-0.3, -0.25) is 13.2 Å². The molecule has 0 saturated carbocycles. The van der Waals surface area contributed by atoms with Crippen LogP contribution in [-0.4, -0.2) is 23.3 Å². The van der Waals surface area contributed by atoms with Crippen LogP contribution < -0.4 is 9.80 Å². The Hall–Kier alpha value is -1.68. The van der Waals surface area contributed by atoms with E-state index in [4.69, 9.17) is 4.12 Å². The summed E-state index contributed by atoms with van der Waals surface area (Å²) in [6, 6.07) is 9.06. The van der Waals surface area contributed by atoms with Crippen molar-refractivity contribution in [1.82, 2.24) is 0 Å². The SMILES string of the molecule is C=[C-][Si](C)(C)O[Si](C)(C)[C-]=C.Cc1cc(C)c(N2C=CN(c3c(C)cc(C)cc3C)C2)c(C)c1.[Pd+2]. The molecule has 0 bridgehead atoms. The Morgan fingerprint density at radius 1 is 0.657 bits per heavy atom. The Labute approximate surface area is 230 Å². The van der Waals surface area contributed by atoms with E-state index in [9.17, 15) is 0 Å². The molecule has 0 unspecified atom stereocenters. The molecule has 1 aliphatic rings. The predicted octanol–water partition coefficient (Wildman–Crippen LogP) is 7.76. The first-order chi connectivity index (χ1) is 15.7. The van der Waals surface area contributed by atoms with Crippen molar-refractivity contribution in [2.24, 2.45) is 0 Å². The van der Waals surface area contributed by atoms with Crippen LogP contribution in [0.5, 0.6) is 0 Å². The molecule has 0 atom stereocenters. The van der Waals surface area contributed by atoms with Gasteiger partial charge in [0.1, 0.15) is 0 Å². The molecule has 3 nitrogen and oxygen atoms in total. The van der Waals surface area contributed by atoms with Gasteiger partial charge in [0, 0.05) is 40.4 Å². The summed E-state index contributed by atoms with van der Waals surface area (Å²) in [5.41, 5.74) is 16.6. The Balaban J connectivity index is 0.000000437. The van der Waals surface area contributed by atoms with Gasteiger partial charge in [0.15, 0.2) is 0 Å². The fourth-order valence-corrected chi connectivity index (χ4v) is 10.4. The van der Waals surface area contributed by atoms with E-state index in [2.05, 4.69) is 139 Å². The molecule has 0 saturated heterocycles. The van der Waals surface area contributed by atoms with Gasteiger partial charge in [-0.2, -0.15) is 0 Å². The van der Waals surface area contributed by atoms with Crippen LogP contribution in [0.3, 0.4) is 0 Å². The summed E-state index contributed by atoms with van der Waals surface area (Å²) in [4.78, 5) is 4.70. The molecular formula is C29H42N2OPdSi2. The topological polar surface area (TPSA) is 15.7 Å². The summed E-state index contributed by atoms with van der Waals surface area (Å²) in [5, 5.41) is 0. The first-order valence-electron chi connectivity index (χ1n) is 11.9. The molecule has 6 heteroatoms. The van der Waals surface area contributed by atoms with Crippen molar-refractivity contribution < 1.29 is 24.5 Å². The van der Waals surface area contributed by atoms with E-state index in [0.29, 0.717) is 0 Å². The summed E-state index contributed by atoms with van der Waals surface area (Å²) in [6.45, 7) is 29.6. The van der Waals surface area contributed by atoms with Crippen LogP contribution in [0.4, 0.5) is 11.4 Å². The van der Waals surface area contributed by atoms with Crippen molar-refractivity contribution in [2.45, 2.75) is 67.7 Å². The maximum atomic E-state index is 5.85. The molecule has 0 aromatic heterocycles. The van der Waals surface area contributed by atoms with E-state index in [1.807, 2.05) is 0 Å². The van der Waals surface area contributed by atoms with Crippen LogP contribution in [-0.2, 0) is 24.5 Å². The third-order valence-electron chi connectivity index (χ3n) is 5.94. The molecule has 3 rings (SSSR count). The van der Waals surface area contributed by atoms with Gasteiger partial charge < -0.3 is 25.3 Å². The molecular weight excluding hydrogens is 555 g/mol. The molecule has 1 heterocycles. The van der Waals surface area contributed by atoms with Crippen molar-refractivity contribution in [2.75, 3.05) is 16.5 Å². The number of benzene rings is 2. The van der Waals surface area contributed by atoms with Gasteiger partial charge in [0.2, 0.25) is 0 Å². The fraction of sp³-hybridized carbons (Fsp3) is 0.379. The molecule has 0 radical (unpaired) electrons. The summed E-state index contributed by atoms with van der Waals surface area (Å²) < 4.78 is 5.85. The van der Waals surface area contributed by atoms with Gasteiger partial charge in [0.25, 0.3) is 0 Å². The van der Waals surface area contributed by atoms with Gasteiger partial charge >= 0.3 is 20.4 Å². The maximum absolute atomic E-state index is 5.85. The van der Waals surface area contributed by atoms with Crippen molar-refractivity contribution in [1.29, 1.82) is 0 Å². The van der Waals surface area contributed by atoms with Crippen molar-refractivity contribution >= 4 is 28.0 Å². The monoisotopic (exact) mass is 596 g/mol. The average Bonchev–Trinajstić information content (AvgIpc) is 3.15. The summed E-state index contributed by atoms with van der Waals surface area (Å²) >= 11 is 0. The summed E-state index contributed by atoms with van der Waals surface area (Å²) in [6.07, 6.45) is 4.40. The molecule has 35 heavy (non-hydrogen) atoms. The fourth-order valence-electron chi connectivity index (χ4n) is 4.67. The number of hydrogen-bond donors (Lipinski definition) is 0. The second-order valence-corrected chi connectivity index (χ2v) is 17.9. The first kappa shape index (κ1) is 31.3. The minimum Gasteiger partial charge on any atom is -0.506 e. The Morgan fingerprint density at radius 2 is 0.943 bits per heavy atom. The Bertz CT molecular complexity index is 963. The third-order valence-corrected chi connectivity index (χ3v) is 11.7. The van der Waals surface area contributed by atoms with E-state index in [1.165, 1.54) is 44.8 Å². The van der Waals surface area contributed by atoms with Gasteiger partial charge in [-0.15, -0.1) is 0 Å². The summed E-state index contributed by atoms with van der Waals surface area (Å²) in [7, 11) is -3.47. The van der Waals surface area contributed by atoms with E-state index in [0.717, 1.165) is 6.67 Å². The maximum Gasteiger partial charge on any atom is 2.00 e. The number of anilines is 2. The second kappa shape index (κ2) is 12.5. The zero-order valence-electron chi connectivity index (χ0n) is 23.2. The standard InChI is InChI=1S/C21H26N2.C8H16OSi2.Pd/c1-14-9-16(3)20(17(4)10-14)22-7-8-23(13-22)21-18(5)11-15(2)12-19(21)6;1-7-10(3,4)9-11(5,6)8-2;/h7-12H,13H2,1-6H3;1-2H2,3-6H3;/q;-2;+2. The first-order valence-corrected chi connectivity index (χ1v) is 17.7. The van der Waals surface area contributed by atoms with Gasteiger partial charge in [0.05, 0.1) is 6.67 Å². The van der Waals surface area contributed by atoms with Gasteiger partial charge in [-0.1, -0.05) is 61.6 Å². The molecule has 0 N–H and O–H groups in total. The van der Waals surface area contributed by atoms with Crippen molar-refractivity contribution in [3.8, 4) is 0 Å². The van der Waals surface area contributed by atoms with Gasteiger partial charge in [-0.25, -0.2) is 0 Å². The second-order valence-electron chi connectivity index (χ2n) is 10.4. The number of hydrogen-bond acceptors (Lipinski definition) is 3. The molecule has 1 aliphatic heterocycles. The van der Waals surface area contributed by atoms with E-state index in [-0.39, 0.29) is 20.4 Å². The number of aryl methyl sites for hydroxylation is 6. The van der Waals surface area contributed by atoms with Gasteiger partial charge in [-0.05, 0) is 63.8 Å². The van der Waals surface area contributed by atoms with E-state index in [1.54, 1.807) is 0 Å². The van der Waals surface area contributed by atoms with Crippen molar-refractivity contribution in [3.05, 3.63) is 94.6 Å². The zero-order valence-corrected chi connectivity index (χ0v) is 26.8. The average molecular weight is 597 g/mol. The Morgan fingerprint density at radius 3 is 1.20 bits per heavy atom. The largest absolute Gasteiger partial charge is 2.00 e. The molecule has 0 aliphatic carbocycles. The number of nitrogens with zero attached hydrogens (tertiary/aromatic N) is 2. The molecule has 0 fully saturated rings. The van der Waals surface area contributed by atoms with Crippen LogP contribution in [0.1, 0.15) is 33.4 Å². The van der Waals surface area contributed by atoms with Crippen LogP contribution in [0, 0.1) is 52.9 Å². The zero-order chi connectivity index (χ0) is 25.8.